The second-order valence-electron chi connectivity index (χ2n) is 4.13. The fourth-order valence-corrected chi connectivity index (χ4v) is 2.10. The molecule has 6 heteroatoms. The maximum Gasteiger partial charge on any atom is 0.343 e. The van der Waals surface area contributed by atoms with Crippen LogP contribution in [0.4, 0.5) is 0 Å². The summed E-state index contributed by atoms with van der Waals surface area (Å²) < 4.78 is 4.61. The van der Waals surface area contributed by atoms with Gasteiger partial charge >= 0.3 is 5.97 Å². The molecule has 0 unspecified atom stereocenters. The molecule has 1 heterocycles. The molecule has 20 heavy (non-hydrogen) atoms. The van der Waals surface area contributed by atoms with Crippen LogP contribution in [0, 0.1) is 0 Å². The Hall–Kier alpha value is -2.27. The van der Waals surface area contributed by atoms with E-state index in [9.17, 15) is 14.7 Å². The Labute approximate surface area is 119 Å². The Morgan fingerprint density at radius 2 is 2.10 bits per heavy atom. The zero-order valence-corrected chi connectivity index (χ0v) is 11.4. The summed E-state index contributed by atoms with van der Waals surface area (Å²) in [4.78, 5) is 25.7. The highest BCUT2D eigenvalue weighted by Crippen LogP contribution is 2.23. The first-order chi connectivity index (χ1) is 9.52. The van der Waals surface area contributed by atoms with E-state index in [1.54, 1.807) is 24.3 Å². The second-order valence-corrected chi connectivity index (χ2v) is 4.54. The van der Waals surface area contributed by atoms with Gasteiger partial charge in [-0.1, -0.05) is 29.8 Å². The van der Waals surface area contributed by atoms with Crippen molar-refractivity contribution < 1.29 is 14.6 Å². The number of carbonyl (C=O) groups is 1. The fourth-order valence-electron chi connectivity index (χ4n) is 1.89. The van der Waals surface area contributed by atoms with Crippen molar-refractivity contribution in [2.24, 2.45) is 0 Å². The molecular weight excluding hydrogens is 282 g/mol. The van der Waals surface area contributed by atoms with Gasteiger partial charge in [-0.25, -0.2) is 4.79 Å². The monoisotopic (exact) mass is 293 g/mol. The molecule has 0 atom stereocenters. The number of esters is 1. The van der Waals surface area contributed by atoms with Crippen LogP contribution < -0.4 is 5.56 Å². The number of aromatic amines is 1. The molecule has 1 aromatic carbocycles. The average molecular weight is 294 g/mol. The number of benzene rings is 1. The molecule has 5 nitrogen and oxygen atoms in total. The molecule has 2 N–H and O–H groups in total. The predicted octanol–water partition coefficient (Wildman–Crippen LogP) is 2.11. The van der Waals surface area contributed by atoms with Crippen molar-refractivity contribution in [2.45, 2.75) is 6.42 Å². The van der Waals surface area contributed by atoms with E-state index in [4.69, 9.17) is 11.6 Å². The molecule has 104 valence electrons. The zero-order chi connectivity index (χ0) is 14.7. The summed E-state index contributed by atoms with van der Waals surface area (Å²) >= 11 is 6.05. The molecule has 1 aromatic heterocycles. The number of nitrogens with one attached hydrogen (secondary N) is 1. The summed E-state index contributed by atoms with van der Waals surface area (Å²) in [7, 11) is 1.20. The lowest BCUT2D eigenvalue weighted by atomic mass is 10.0. The SMILES string of the molecule is COC(=O)c1c(O)cc(=O)[nH]c1Cc1ccccc1Cl. The minimum absolute atomic E-state index is 0.0629. The van der Waals surface area contributed by atoms with E-state index < -0.39 is 17.3 Å². The standard InChI is InChI=1S/C14H12ClNO4/c1-20-14(19)13-10(16-12(18)7-11(13)17)6-8-4-2-3-5-9(8)15/h2-5,7H,6H2,1H3,(H2,16,17,18). The van der Waals surface area contributed by atoms with Gasteiger partial charge in [0.25, 0.3) is 5.56 Å². The van der Waals surface area contributed by atoms with Crippen LogP contribution in [-0.4, -0.2) is 23.2 Å². The van der Waals surface area contributed by atoms with Crippen LogP contribution in [0.15, 0.2) is 35.1 Å². The number of H-pyrrole nitrogens is 1. The van der Waals surface area contributed by atoms with Gasteiger partial charge in [-0.15, -0.1) is 0 Å². The molecule has 0 fully saturated rings. The van der Waals surface area contributed by atoms with Crippen LogP contribution >= 0.6 is 11.6 Å². The summed E-state index contributed by atoms with van der Waals surface area (Å²) in [6.07, 6.45) is 0.202. The molecule has 0 aliphatic rings. The normalized spacial score (nSPS) is 10.3. The van der Waals surface area contributed by atoms with E-state index >= 15 is 0 Å². The lowest BCUT2D eigenvalue weighted by Crippen LogP contribution is -2.15. The lowest BCUT2D eigenvalue weighted by Gasteiger charge is -2.10. The Morgan fingerprint density at radius 1 is 1.40 bits per heavy atom. The number of aromatic nitrogens is 1. The topological polar surface area (TPSA) is 79.4 Å². The molecule has 0 aliphatic heterocycles. The zero-order valence-electron chi connectivity index (χ0n) is 10.6. The van der Waals surface area contributed by atoms with Crippen LogP contribution in [0.5, 0.6) is 5.75 Å². The quantitative estimate of drug-likeness (QED) is 0.850. The van der Waals surface area contributed by atoms with Crippen molar-refractivity contribution >= 4 is 17.6 Å². The van der Waals surface area contributed by atoms with E-state index in [2.05, 4.69) is 9.72 Å². The molecule has 0 saturated heterocycles. The lowest BCUT2D eigenvalue weighted by molar-refractivity contribution is 0.0595. The Morgan fingerprint density at radius 3 is 2.75 bits per heavy atom. The van der Waals surface area contributed by atoms with Crippen LogP contribution in [0.2, 0.25) is 5.02 Å². The van der Waals surface area contributed by atoms with Crippen molar-refractivity contribution in [3.05, 3.63) is 62.5 Å². The fraction of sp³-hybridized carbons (Fsp3) is 0.143. The Bertz CT molecular complexity index is 709. The Kier molecular flexibility index (Phi) is 4.10. The number of ether oxygens (including phenoxy) is 1. The van der Waals surface area contributed by atoms with E-state index in [-0.39, 0.29) is 17.7 Å². The number of rotatable bonds is 3. The largest absolute Gasteiger partial charge is 0.507 e. The van der Waals surface area contributed by atoms with E-state index in [1.807, 2.05) is 0 Å². The second kappa shape index (κ2) is 5.79. The van der Waals surface area contributed by atoms with Crippen molar-refractivity contribution in [1.29, 1.82) is 0 Å². The van der Waals surface area contributed by atoms with Gasteiger partial charge in [0.1, 0.15) is 11.3 Å². The number of carbonyl (C=O) groups excluding carboxylic acids is 1. The molecule has 0 radical (unpaired) electrons. The molecule has 0 saturated carbocycles. The third kappa shape index (κ3) is 2.83. The van der Waals surface area contributed by atoms with Crippen LogP contribution in [-0.2, 0) is 11.2 Å². The van der Waals surface area contributed by atoms with E-state index in [0.717, 1.165) is 11.6 Å². The van der Waals surface area contributed by atoms with Crippen molar-refractivity contribution in [1.82, 2.24) is 4.98 Å². The number of halogens is 1. The minimum Gasteiger partial charge on any atom is -0.507 e. The highest BCUT2D eigenvalue weighted by molar-refractivity contribution is 6.31. The van der Waals surface area contributed by atoms with Crippen molar-refractivity contribution in [2.75, 3.05) is 7.11 Å². The number of aromatic hydroxyl groups is 1. The first-order valence-corrected chi connectivity index (χ1v) is 6.17. The van der Waals surface area contributed by atoms with Gasteiger partial charge in [-0.3, -0.25) is 4.79 Å². The maximum atomic E-state index is 11.7. The third-order valence-corrected chi connectivity index (χ3v) is 3.18. The van der Waals surface area contributed by atoms with Gasteiger partial charge in [-0.2, -0.15) is 0 Å². The summed E-state index contributed by atoms with van der Waals surface area (Å²) in [5, 5.41) is 10.3. The minimum atomic E-state index is -0.721. The van der Waals surface area contributed by atoms with Crippen LogP contribution in [0.25, 0.3) is 0 Å². The van der Waals surface area contributed by atoms with Crippen LogP contribution in [0.1, 0.15) is 21.6 Å². The van der Waals surface area contributed by atoms with Crippen molar-refractivity contribution in [3.63, 3.8) is 0 Å². The predicted molar refractivity (Wildman–Crippen MR) is 74.3 cm³/mol. The molecular formula is C14H12ClNO4. The molecule has 0 bridgehead atoms. The molecule has 0 aliphatic carbocycles. The molecule has 2 rings (SSSR count). The van der Waals surface area contributed by atoms with Gasteiger partial charge in [0.2, 0.25) is 0 Å². The number of hydrogen-bond acceptors (Lipinski definition) is 4. The van der Waals surface area contributed by atoms with Gasteiger partial charge in [0.15, 0.2) is 0 Å². The third-order valence-electron chi connectivity index (χ3n) is 2.81. The van der Waals surface area contributed by atoms with E-state index in [0.29, 0.717) is 5.02 Å². The highest BCUT2D eigenvalue weighted by Gasteiger charge is 2.19. The summed E-state index contributed by atoms with van der Waals surface area (Å²) in [5.41, 5.74) is 0.416. The molecule has 0 spiro atoms. The van der Waals surface area contributed by atoms with E-state index in [1.165, 1.54) is 7.11 Å². The smallest absolute Gasteiger partial charge is 0.343 e. The first kappa shape index (κ1) is 14.1. The van der Waals surface area contributed by atoms with Gasteiger partial charge in [-0.05, 0) is 11.6 Å². The number of pyridine rings is 1. The summed E-state index contributed by atoms with van der Waals surface area (Å²) in [6.45, 7) is 0. The van der Waals surface area contributed by atoms with Crippen molar-refractivity contribution in [3.8, 4) is 5.75 Å². The van der Waals surface area contributed by atoms with Gasteiger partial charge in [0, 0.05) is 23.2 Å². The number of hydrogen-bond donors (Lipinski definition) is 2. The summed E-state index contributed by atoms with van der Waals surface area (Å²) in [5.74, 6) is -1.14. The number of methoxy groups -OCH3 is 1. The maximum absolute atomic E-state index is 11.7. The molecule has 0 amide bonds. The van der Waals surface area contributed by atoms with Gasteiger partial charge in [0.05, 0.1) is 7.11 Å². The van der Waals surface area contributed by atoms with Gasteiger partial charge < -0.3 is 14.8 Å². The highest BCUT2D eigenvalue weighted by atomic mass is 35.5. The van der Waals surface area contributed by atoms with Crippen LogP contribution in [0.3, 0.4) is 0 Å². The average Bonchev–Trinajstić information content (AvgIpc) is 2.40. The molecule has 2 aromatic rings. The summed E-state index contributed by atoms with van der Waals surface area (Å²) in [6, 6.07) is 7.97. The first-order valence-electron chi connectivity index (χ1n) is 5.80. The Balaban J connectivity index is 2.53.